The molecule has 1 aliphatic heterocycles. The first-order chi connectivity index (χ1) is 20.8. The smallest absolute Gasteiger partial charge is 0.369 e. The monoisotopic (exact) mass is 576 g/mol. The van der Waals surface area contributed by atoms with Gasteiger partial charge in [0.1, 0.15) is 5.65 Å². The van der Waals surface area contributed by atoms with Crippen molar-refractivity contribution in [1.29, 1.82) is 0 Å². The predicted octanol–water partition coefficient (Wildman–Crippen LogP) is 8.41. The van der Waals surface area contributed by atoms with Gasteiger partial charge in [-0.15, -0.1) is 0 Å². The lowest BCUT2D eigenvalue weighted by Gasteiger charge is -2.34. The molecule has 7 rings (SSSR count). The van der Waals surface area contributed by atoms with E-state index in [0.29, 0.717) is 28.6 Å². The van der Waals surface area contributed by atoms with Crippen molar-refractivity contribution >= 4 is 27.6 Å². The number of nitrogens with one attached hydrogen (secondary N) is 1. The van der Waals surface area contributed by atoms with Crippen LogP contribution in [0, 0.1) is 0 Å². The molecule has 2 aromatic heterocycles. The third kappa shape index (κ3) is 5.37. The van der Waals surface area contributed by atoms with Gasteiger partial charge in [0.05, 0.1) is 5.56 Å². The van der Waals surface area contributed by atoms with Gasteiger partial charge in [-0.05, 0) is 83.2 Å². The zero-order valence-corrected chi connectivity index (χ0v) is 23.8. The summed E-state index contributed by atoms with van der Waals surface area (Å²) < 4.78 is 43.6. The number of nitrogens with zero attached hydrogens (tertiary/aromatic N) is 3. The van der Waals surface area contributed by atoms with Gasteiger partial charge in [-0.1, -0.05) is 60.7 Å². The molecule has 6 aromatic rings. The molecule has 0 amide bonds. The number of aromatic amines is 1. The first-order valence-corrected chi connectivity index (χ1v) is 14.5. The van der Waals surface area contributed by atoms with E-state index in [2.05, 4.69) is 57.1 Å². The van der Waals surface area contributed by atoms with Gasteiger partial charge in [-0.25, -0.2) is 4.98 Å². The Morgan fingerprint density at radius 2 is 1.49 bits per heavy atom. The summed E-state index contributed by atoms with van der Waals surface area (Å²) in [5.41, 5.74) is 6.27. The highest BCUT2D eigenvalue weighted by molar-refractivity contribution is 6.14. The highest BCUT2D eigenvalue weighted by Gasteiger charge is 2.34. The summed E-state index contributed by atoms with van der Waals surface area (Å²) in [5, 5.41) is 1.54. The number of aromatic nitrogens is 2. The van der Waals surface area contributed by atoms with E-state index < -0.39 is 11.7 Å². The Bertz CT molecular complexity index is 1900. The maximum absolute atomic E-state index is 14.5. The minimum Gasteiger partial charge on any atom is -0.369 e. The Hall–Kier alpha value is -4.62. The molecule has 0 atom stereocenters. The minimum atomic E-state index is -4.51. The van der Waals surface area contributed by atoms with E-state index in [9.17, 15) is 13.2 Å². The van der Waals surface area contributed by atoms with Crippen molar-refractivity contribution in [2.45, 2.75) is 12.6 Å². The van der Waals surface area contributed by atoms with Crippen LogP contribution >= 0.6 is 0 Å². The van der Waals surface area contributed by atoms with Gasteiger partial charge in [-0.3, -0.25) is 0 Å². The van der Waals surface area contributed by atoms with E-state index >= 15 is 0 Å². The Labute approximate surface area is 248 Å². The topological polar surface area (TPSA) is 35.2 Å². The van der Waals surface area contributed by atoms with Crippen LogP contribution in [-0.2, 0) is 12.6 Å². The van der Waals surface area contributed by atoms with Gasteiger partial charge in [0.15, 0.2) is 0 Å². The number of piperazine rings is 1. The Kier molecular flexibility index (Phi) is 6.90. The largest absolute Gasteiger partial charge is 0.417 e. The summed E-state index contributed by atoms with van der Waals surface area (Å²) in [6.07, 6.45) is -2.51. The van der Waals surface area contributed by atoms with Crippen molar-refractivity contribution in [3.05, 3.63) is 120 Å². The fourth-order valence-corrected chi connectivity index (χ4v) is 6.15. The molecule has 216 valence electrons. The van der Waals surface area contributed by atoms with E-state index in [4.69, 9.17) is 0 Å². The summed E-state index contributed by atoms with van der Waals surface area (Å²) in [6.45, 7) is 4.09. The molecule has 0 radical (unpaired) electrons. The number of rotatable bonds is 5. The molecular formula is C36H31F3N4. The first kappa shape index (κ1) is 27.2. The molecule has 1 fully saturated rings. The third-order valence-electron chi connectivity index (χ3n) is 8.49. The third-order valence-corrected chi connectivity index (χ3v) is 8.49. The number of likely N-dealkylation sites (N-methyl/N-ethyl adjacent to an activating group) is 1. The van der Waals surface area contributed by atoms with E-state index in [0.717, 1.165) is 53.8 Å². The van der Waals surface area contributed by atoms with Crippen LogP contribution in [0.3, 0.4) is 0 Å². The normalized spacial score (nSPS) is 14.6. The summed E-state index contributed by atoms with van der Waals surface area (Å²) in [5.74, 6) is 0. The van der Waals surface area contributed by atoms with Gasteiger partial charge in [0.2, 0.25) is 0 Å². The molecule has 1 saturated heterocycles. The van der Waals surface area contributed by atoms with Crippen LogP contribution in [0.25, 0.3) is 44.2 Å². The Morgan fingerprint density at radius 3 is 2.23 bits per heavy atom. The van der Waals surface area contributed by atoms with E-state index in [1.165, 1.54) is 11.8 Å². The average Bonchev–Trinajstić information content (AvgIpc) is 3.40. The molecule has 1 aliphatic rings. The number of hydrogen-bond donors (Lipinski definition) is 1. The zero-order valence-electron chi connectivity index (χ0n) is 23.8. The quantitative estimate of drug-likeness (QED) is 0.224. The van der Waals surface area contributed by atoms with Crippen LogP contribution in [0.2, 0.25) is 0 Å². The Balaban J connectivity index is 1.29. The molecule has 0 bridgehead atoms. The van der Waals surface area contributed by atoms with Crippen LogP contribution in [0.4, 0.5) is 18.9 Å². The van der Waals surface area contributed by atoms with Crippen LogP contribution in [0.1, 0.15) is 16.7 Å². The maximum atomic E-state index is 14.5. The van der Waals surface area contributed by atoms with Gasteiger partial charge >= 0.3 is 6.18 Å². The van der Waals surface area contributed by atoms with E-state index in [1.54, 1.807) is 24.4 Å². The fourth-order valence-electron chi connectivity index (χ4n) is 6.15. The fraction of sp³-hybridized carbons (Fsp3) is 0.194. The second-order valence-electron chi connectivity index (χ2n) is 11.3. The zero-order chi connectivity index (χ0) is 29.6. The lowest BCUT2D eigenvalue weighted by atomic mass is 9.92. The molecule has 1 N–H and O–H groups in total. The lowest BCUT2D eigenvalue weighted by molar-refractivity contribution is -0.137. The minimum absolute atomic E-state index is 0.152. The summed E-state index contributed by atoms with van der Waals surface area (Å²) in [4.78, 5) is 12.5. The van der Waals surface area contributed by atoms with Crippen molar-refractivity contribution in [2.24, 2.45) is 0 Å². The molecule has 0 saturated carbocycles. The number of fused-ring (bicyclic) bond motifs is 3. The SMILES string of the molecule is CN1CCN(c2ccc(-c3ccc4[nH]c5nccc(-c6ccc(Cc7ccccc7)cc6C(F)(F)F)c5c4c3)cc2)CC1. The van der Waals surface area contributed by atoms with Gasteiger partial charge in [0, 0.05) is 54.4 Å². The molecule has 43 heavy (non-hydrogen) atoms. The summed E-state index contributed by atoms with van der Waals surface area (Å²) in [7, 11) is 2.15. The summed E-state index contributed by atoms with van der Waals surface area (Å²) >= 11 is 0. The molecular weight excluding hydrogens is 545 g/mol. The van der Waals surface area contributed by atoms with Crippen molar-refractivity contribution < 1.29 is 13.2 Å². The van der Waals surface area contributed by atoms with Crippen LogP contribution in [-0.4, -0.2) is 48.1 Å². The molecule has 0 aliphatic carbocycles. The Morgan fingerprint density at radius 1 is 0.744 bits per heavy atom. The van der Waals surface area contributed by atoms with Crippen molar-refractivity contribution in [2.75, 3.05) is 38.1 Å². The van der Waals surface area contributed by atoms with Gasteiger partial charge in [-0.2, -0.15) is 13.2 Å². The second-order valence-corrected chi connectivity index (χ2v) is 11.3. The van der Waals surface area contributed by atoms with Gasteiger partial charge in [0.25, 0.3) is 0 Å². The van der Waals surface area contributed by atoms with Crippen LogP contribution in [0.15, 0.2) is 103 Å². The number of alkyl halides is 3. The first-order valence-electron chi connectivity index (χ1n) is 14.5. The number of anilines is 1. The van der Waals surface area contributed by atoms with Crippen molar-refractivity contribution in [1.82, 2.24) is 14.9 Å². The standard InChI is InChI=1S/C36H31F3N4/c1-42-17-19-43(20-18-42)28-11-8-26(9-12-28)27-10-14-33-31(23-27)34-30(15-16-40-35(34)41-33)29-13-7-25(22-32(29)36(37,38)39)21-24-5-3-2-4-6-24/h2-16,22-23H,17-21H2,1H3,(H,40,41). The molecule has 7 heteroatoms. The second kappa shape index (κ2) is 10.9. The van der Waals surface area contributed by atoms with Crippen molar-refractivity contribution in [3.8, 4) is 22.3 Å². The number of hydrogen-bond acceptors (Lipinski definition) is 3. The molecule has 4 aromatic carbocycles. The number of benzene rings is 4. The number of H-pyrrole nitrogens is 1. The predicted molar refractivity (Wildman–Crippen MR) is 168 cm³/mol. The number of pyridine rings is 1. The molecule has 0 spiro atoms. The van der Waals surface area contributed by atoms with E-state index in [-0.39, 0.29) is 5.56 Å². The highest BCUT2D eigenvalue weighted by Crippen LogP contribution is 2.42. The maximum Gasteiger partial charge on any atom is 0.417 e. The van der Waals surface area contributed by atoms with Gasteiger partial charge < -0.3 is 14.8 Å². The van der Waals surface area contributed by atoms with Crippen LogP contribution in [0.5, 0.6) is 0 Å². The molecule has 4 nitrogen and oxygen atoms in total. The van der Waals surface area contributed by atoms with E-state index in [1.807, 2.05) is 42.5 Å². The highest BCUT2D eigenvalue weighted by atomic mass is 19.4. The molecule has 0 unspecified atom stereocenters. The lowest BCUT2D eigenvalue weighted by Crippen LogP contribution is -2.44. The molecule has 3 heterocycles. The summed E-state index contributed by atoms with van der Waals surface area (Å²) in [6, 6.07) is 30.6. The van der Waals surface area contributed by atoms with Crippen LogP contribution < -0.4 is 4.90 Å². The number of halogens is 3. The van der Waals surface area contributed by atoms with Crippen molar-refractivity contribution in [3.63, 3.8) is 0 Å². The average molecular weight is 577 g/mol.